The van der Waals surface area contributed by atoms with Gasteiger partial charge in [-0.25, -0.2) is 0 Å². The zero-order valence-corrected chi connectivity index (χ0v) is 11.7. The average molecular weight is 302 g/mol. The third kappa shape index (κ3) is 4.45. The van der Waals surface area contributed by atoms with Gasteiger partial charge in [0.1, 0.15) is 18.5 Å². The number of alkyl halides is 3. The Morgan fingerprint density at radius 2 is 1.60 bits per heavy atom. The van der Waals surface area contributed by atoms with E-state index in [0.29, 0.717) is 10.9 Å². The number of carboxylic acid groups (broad SMARTS) is 1. The van der Waals surface area contributed by atoms with Gasteiger partial charge in [-0.2, -0.15) is 13.2 Å². The van der Waals surface area contributed by atoms with Crippen LogP contribution in [-0.2, 0) is 15.7 Å². The van der Waals surface area contributed by atoms with Crippen LogP contribution in [0.2, 0.25) is 0 Å². The molecule has 2 aliphatic carbocycles. The molecule has 2 aliphatic rings. The Kier molecular flexibility index (Phi) is 5.44. The molecular weight excluding hydrogens is 289 g/mol. The molecule has 0 saturated carbocycles. The summed E-state index contributed by atoms with van der Waals surface area (Å²) in [5, 5.41) is 8.78. The number of aliphatic carboxylic acids is 1. The van der Waals surface area contributed by atoms with Crippen molar-refractivity contribution in [2.45, 2.75) is 11.1 Å². The third-order valence-electron chi connectivity index (χ3n) is 2.42. The second-order valence-electron chi connectivity index (χ2n) is 4.08. The maximum absolute atomic E-state index is 10.5. The van der Waals surface area contributed by atoms with Gasteiger partial charge in [0.05, 0.1) is 0 Å². The molecule has 0 saturated heterocycles. The zero-order chi connectivity index (χ0) is 15.3. The van der Waals surface area contributed by atoms with Gasteiger partial charge in [-0.05, 0) is 23.8 Å². The highest BCUT2D eigenvalue weighted by Gasteiger charge is 2.28. The topological polar surface area (TPSA) is 40.1 Å². The normalized spacial score (nSPS) is 11.1. The summed E-state index contributed by atoms with van der Waals surface area (Å²) in [5.41, 5.74) is 2.75. The van der Waals surface area contributed by atoms with Gasteiger partial charge < -0.3 is 9.90 Å². The highest BCUT2D eigenvalue weighted by atomic mass is 32.2. The predicted octanol–water partition coefficient (Wildman–Crippen LogP) is 2.33. The molecule has 0 aliphatic heterocycles. The number of carboxylic acids is 1. The van der Waals surface area contributed by atoms with Crippen LogP contribution in [0.3, 0.4) is 0 Å². The molecule has 0 atom stereocenters. The van der Waals surface area contributed by atoms with Crippen molar-refractivity contribution in [3.8, 4) is 11.1 Å². The molecule has 2 rings (SSSR count). The summed E-state index contributed by atoms with van der Waals surface area (Å²) in [5.74, 6) is -3.01. The Hall–Kier alpha value is -1.69. The summed E-state index contributed by atoms with van der Waals surface area (Å²) < 4.78 is 31.5. The van der Waals surface area contributed by atoms with Crippen LogP contribution in [0.25, 0.3) is 11.1 Å². The highest BCUT2D eigenvalue weighted by Crippen LogP contribution is 2.30. The maximum atomic E-state index is 10.5. The van der Waals surface area contributed by atoms with Crippen LogP contribution in [0.1, 0.15) is 0 Å². The van der Waals surface area contributed by atoms with Gasteiger partial charge in [-0.3, -0.25) is 0 Å². The van der Waals surface area contributed by atoms with E-state index in [-0.39, 0.29) is 0 Å². The third-order valence-corrected chi connectivity index (χ3v) is 3.66. The molecule has 0 unspecified atom stereocenters. The molecule has 108 valence electrons. The fourth-order valence-electron chi connectivity index (χ4n) is 1.54. The van der Waals surface area contributed by atoms with Crippen molar-refractivity contribution in [3.05, 3.63) is 42.5 Å². The number of hydrogen-bond acceptors (Lipinski definition) is 2. The van der Waals surface area contributed by atoms with Gasteiger partial charge in [0.2, 0.25) is 0 Å². The lowest BCUT2D eigenvalue weighted by Crippen LogP contribution is -2.37. The number of halogens is 3. The van der Waals surface area contributed by atoms with E-state index >= 15 is 0 Å². The van der Waals surface area contributed by atoms with Gasteiger partial charge >= 0.3 is 6.18 Å². The SMILES string of the molecule is C[S+](C)c1ccc2cccccc1-2.O=C([O-])C(F)(F)F. The van der Waals surface area contributed by atoms with Gasteiger partial charge in [0.15, 0.2) is 4.90 Å². The highest BCUT2D eigenvalue weighted by molar-refractivity contribution is 7.95. The first-order chi connectivity index (χ1) is 9.23. The lowest BCUT2D eigenvalue weighted by molar-refractivity contribution is -0.344. The second kappa shape index (κ2) is 6.65. The van der Waals surface area contributed by atoms with Crippen molar-refractivity contribution >= 4 is 16.9 Å². The van der Waals surface area contributed by atoms with E-state index in [4.69, 9.17) is 9.90 Å². The van der Waals surface area contributed by atoms with Crippen LogP contribution < -0.4 is 5.11 Å². The Labute approximate surface area is 117 Å². The van der Waals surface area contributed by atoms with E-state index in [1.54, 1.807) is 0 Å². The fraction of sp³-hybridized carbons (Fsp3) is 0.214. The molecule has 0 heterocycles. The van der Waals surface area contributed by atoms with Crippen LogP contribution in [0, 0.1) is 0 Å². The van der Waals surface area contributed by atoms with Crippen LogP contribution in [0.4, 0.5) is 13.2 Å². The minimum Gasteiger partial charge on any atom is -0.542 e. The summed E-state index contributed by atoms with van der Waals surface area (Å²) in [4.78, 5) is 10.3. The fourth-order valence-corrected chi connectivity index (χ4v) is 2.51. The summed E-state index contributed by atoms with van der Waals surface area (Å²) in [7, 11) is 0.356. The molecule has 0 aromatic heterocycles. The van der Waals surface area contributed by atoms with E-state index in [0.717, 1.165) is 0 Å². The summed E-state index contributed by atoms with van der Waals surface area (Å²) in [6.07, 6.45) is -0.663. The molecule has 0 aromatic carbocycles. The Morgan fingerprint density at radius 1 is 1.05 bits per heavy atom. The van der Waals surface area contributed by atoms with Crippen LogP contribution in [0.5, 0.6) is 0 Å². The number of carbonyl (C=O) groups excluding carboxylic acids is 1. The van der Waals surface area contributed by atoms with E-state index in [1.807, 2.05) is 0 Å². The number of fused-ring (bicyclic) bond motifs is 1. The largest absolute Gasteiger partial charge is 0.542 e. The number of carbonyl (C=O) groups is 1. The standard InChI is InChI=1S/C12H13S.C2HF3O2/c1-13(2)12-9-8-10-6-4-3-5-7-11(10)12;3-2(4,5)1(6)7/h3-9H,1-2H3;(H,6,7)/q+1;/p-1. The monoisotopic (exact) mass is 302 g/mol. The molecule has 0 N–H and O–H groups in total. The molecule has 0 fully saturated rings. The van der Waals surface area contributed by atoms with Gasteiger partial charge in [0.25, 0.3) is 0 Å². The molecule has 0 aromatic rings. The van der Waals surface area contributed by atoms with E-state index < -0.39 is 12.1 Å². The van der Waals surface area contributed by atoms with Gasteiger partial charge in [0, 0.05) is 16.5 Å². The van der Waals surface area contributed by atoms with Crippen molar-refractivity contribution in [2.24, 2.45) is 0 Å². The second-order valence-corrected chi connectivity index (χ2v) is 6.15. The minimum absolute atomic E-state index is 0.356. The van der Waals surface area contributed by atoms with Crippen LogP contribution >= 0.6 is 0 Å². The molecule has 20 heavy (non-hydrogen) atoms. The maximum Gasteiger partial charge on any atom is 0.430 e. The summed E-state index contributed by atoms with van der Waals surface area (Å²) >= 11 is 0. The zero-order valence-electron chi connectivity index (χ0n) is 10.9. The van der Waals surface area contributed by atoms with E-state index in [9.17, 15) is 13.2 Å². The van der Waals surface area contributed by atoms with Crippen molar-refractivity contribution in [1.82, 2.24) is 0 Å². The van der Waals surface area contributed by atoms with Crippen LogP contribution in [0.15, 0.2) is 47.4 Å². The summed E-state index contributed by atoms with van der Waals surface area (Å²) in [6, 6.07) is 15.1. The minimum atomic E-state index is -5.19. The number of rotatable bonds is 1. The van der Waals surface area contributed by atoms with Gasteiger partial charge in [-0.15, -0.1) is 0 Å². The van der Waals surface area contributed by atoms with Crippen LogP contribution in [-0.4, -0.2) is 24.7 Å². The predicted molar refractivity (Wildman–Crippen MR) is 71.6 cm³/mol. The van der Waals surface area contributed by atoms with Gasteiger partial charge in [-0.1, -0.05) is 24.3 Å². The van der Waals surface area contributed by atoms with Crippen molar-refractivity contribution in [3.63, 3.8) is 0 Å². The Bertz CT molecular complexity index is 553. The quantitative estimate of drug-likeness (QED) is 0.759. The molecule has 0 amide bonds. The Morgan fingerprint density at radius 3 is 2.10 bits per heavy atom. The first-order valence-corrected chi connectivity index (χ1v) is 7.61. The van der Waals surface area contributed by atoms with E-state index in [2.05, 4.69) is 55.0 Å². The smallest absolute Gasteiger partial charge is 0.430 e. The van der Waals surface area contributed by atoms with E-state index in [1.165, 1.54) is 16.0 Å². The first kappa shape index (κ1) is 16.4. The van der Waals surface area contributed by atoms with Crippen molar-refractivity contribution in [2.75, 3.05) is 12.5 Å². The van der Waals surface area contributed by atoms with Crippen molar-refractivity contribution < 1.29 is 23.1 Å². The average Bonchev–Trinajstić information content (AvgIpc) is 2.59. The Balaban J connectivity index is 0.000000246. The van der Waals surface area contributed by atoms with Crippen molar-refractivity contribution in [1.29, 1.82) is 0 Å². The molecule has 0 spiro atoms. The summed E-state index contributed by atoms with van der Waals surface area (Å²) in [6.45, 7) is 0. The number of hydrogen-bond donors (Lipinski definition) is 0. The lowest BCUT2D eigenvalue weighted by Gasteiger charge is -2.03. The molecule has 6 heteroatoms. The molecular formula is C14H13F3O2S. The molecule has 0 bridgehead atoms. The molecule has 0 radical (unpaired) electrons. The lowest BCUT2D eigenvalue weighted by atomic mass is 10.2. The molecule has 2 nitrogen and oxygen atoms in total. The first-order valence-electron chi connectivity index (χ1n) is 5.57.